The molecule has 0 fully saturated rings. The molecule has 5 nitrogen and oxygen atoms in total. The number of hydrogen-bond acceptors (Lipinski definition) is 2. The number of aromatic nitrogens is 1. The Hall–Kier alpha value is -1.75. The molecule has 0 saturated carbocycles. The van der Waals surface area contributed by atoms with E-state index in [0.29, 0.717) is 18.1 Å². The van der Waals surface area contributed by atoms with Crippen LogP contribution in [-0.2, 0) is 5.54 Å². The fourth-order valence-corrected chi connectivity index (χ4v) is 2.21. The summed E-state index contributed by atoms with van der Waals surface area (Å²) in [6.45, 7) is 8.25. The van der Waals surface area contributed by atoms with Crippen LogP contribution in [0.3, 0.4) is 0 Å². The Kier molecular flexibility index (Phi) is 2.94. The Morgan fingerprint density at radius 2 is 2.39 bits per heavy atom. The fraction of sp³-hybridized carbons (Fsp3) is 0.333. The fourth-order valence-electron chi connectivity index (χ4n) is 2.13. The van der Waals surface area contributed by atoms with Gasteiger partial charge in [0, 0.05) is 12.1 Å². The second kappa shape index (κ2) is 4.17. The Labute approximate surface area is 110 Å². The first-order chi connectivity index (χ1) is 8.36. The standard InChI is InChI=1S/C12H15ClN4O/c1-4-7-5-8-10(18)15-6-12(2,3)17(8)9(7)16-11(13)14/h4-5H,1,6H2,2-3H3,(H2,14,16)(H,15,18). The summed E-state index contributed by atoms with van der Waals surface area (Å²) < 4.78 is 1.85. The van der Waals surface area contributed by atoms with Crippen LogP contribution >= 0.6 is 11.6 Å². The molecule has 1 aliphatic heterocycles. The van der Waals surface area contributed by atoms with Crippen molar-refractivity contribution in [2.75, 3.05) is 6.54 Å². The number of amidine groups is 1. The summed E-state index contributed by atoms with van der Waals surface area (Å²) in [6, 6.07) is 1.74. The number of carbonyl (C=O) groups excluding carboxylic acids is 1. The SMILES string of the molecule is C=Cc1cc2n(c1N=C(N)Cl)C(C)(C)CNC2=O. The van der Waals surface area contributed by atoms with E-state index in [1.807, 2.05) is 18.4 Å². The van der Waals surface area contributed by atoms with Crippen molar-refractivity contribution in [2.24, 2.45) is 10.7 Å². The van der Waals surface area contributed by atoms with Crippen molar-refractivity contribution in [3.05, 3.63) is 23.9 Å². The highest BCUT2D eigenvalue weighted by Crippen LogP contribution is 2.34. The summed E-state index contributed by atoms with van der Waals surface area (Å²) in [7, 11) is 0. The summed E-state index contributed by atoms with van der Waals surface area (Å²) in [5.41, 5.74) is 6.41. The maximum atomic E-state index is 11.9. The topological polar surface area (TPSA) is 72.4 Å². The zero-order chi connectivity index (χ0) is 13.5. The molecule has 0 saturated heterocycles. The van der Waals surface area contributed by atoms with Gasteiger partial charge in [0.1, 0.15) is 11.5 Å². The molecule has 96 valence electrons. The van der Waals surface area contributed by atoms with E-state index in [1.54, 1.807) is 12.1 Å². The molecule has 0 spiro atoms. The van der Waals surface area contributed by atoms with Crippen molar-refractivity contribution in [3.63, 3.8) is 0 Å². The number of nitrogens with one attached hydrogen (secondary N) is 1. The van der Waals surface area contributed by atoms with E-state index < -0.39 is 0 Å². The number of rotatable bonds is 2. The molecule has 6 heteroatoms. The van der Waals surface area contributed by atoms with E-state index in [0.717, 1.165) is 5.56 Å². The Morgan fingerprint density at radius 1 is 1.72 bits per heavy atom. The Bertz CT molecular complexity index is 553. The highest BCUT2D eigenvalue weighted by Gasteiger charge is 2.34. The van der Waals surface area contributed by atoms with E-state index in [2.05, 4.69) is 16.9 Å². The second-order valence-corrected chi connectivity index (χ2v) is 5.16. The molecule has 1 aromatic rings. The van der Waals surface area contributed by atoms with Gasteiger partial charge >= 0.3 is 0 Å². The second-order valence-electron chi connectivity index (χ2n) is 4.78. The number of nitrogens with zero attached hydrogens (tertiary/aromatic N) is 2. The molecular formula is C12H15ClN4O. The van der Waals surface area contributed by atoms with Crippen LogP contribution in [0.4, 0.5) is 5.82 Å². The van der Waals surface area contributed by atoms with E-state index in [9.17, 15) is 4.79 Å². The smallest absolute Gasteiger partial charge is 0.268 e. The summed E-state index contributed by atoms with van der Waals surface area (Å²) in [4.78, 5) is 16.0. The van der Waals surface area contributed by atoms with Crippen LogP contribution in [0.25, 0.3) is 6.08 Å². The molecular weight excluding hydrogens is 252 g/mol. The van der Waals surface area contributed by atoms with Gasteiger partial charge < -0.3 is 15.6 Å². The molecule has 0 aliphatic carbocycles. The van der Waals surface area contributed by atoms with Gasteiger partial charge in [-0.3, -0.25) is 4.79 Å². The van der Waals surface area contributed by atoms with E-state index in [1.165, 1.54) is 0 Å². The van der Waals surface area contributed by atoms with Crippen LogP contribution in [0.2, 0.25) is 0 Å². The van der Waals surface area contributed by atoms with Gasteiger partial charge in [-0.1, -0.05) is 12.7 Å². The lowest BCUT2D eigenvalue weighted by Crippen LogP contribution is -2.47. The molecule has 0 unspecified atom stereocenters. The monoisotopic (exact) mass is 266 g/mol. The largest absolute Gasteiger partial charge is 0.374 e. The van der Waals surface area contributed by atoms with Gasteiger partial charge in [0.25, 0.3) is 5.91 Å². The number of halogens is 1. The third-order valence-electron chi connectivity index (χ3n) is 2.96. The van der Waals surface area contributed by atoms with Gasteiger partial charge in [-0.25, -0.2) is 4.99 Å². The minimum Gasteiger partial charge on any atom is -0.374 e. The average molecular weight is 267 g/mol. The van der Waals surface area contributed by atoms with Crippen molar-refractivity contribution in [1.82, 2.24) is 9.88 Å². The summed E-state index contributed by atoms with van der Waals surface area (Å²) in [6.07, 6.45) is 1.63. The molecule has 18 heavy (non-hydrogen) atoms. The third-order valence-corrected chi connectivity index (χ3v) is 3.04. The number of nitrogens with two attached hydrogens (primary N) is 1. The lowest BCUT2D eigenvalue weighted by atomic mass is 10.0. The Morgan fingerprint density at radius 3 is 2.94 bits per heavy atom. The quantitative estimate of drug-likeness (QED) is 0.487. The van der Waals surface area contributed by atoms with E-state index in [-0.39, 0.29) is 16.7 Å². The maximum Gasteiger partial charge on any atom is 0.268 e. The van der Waals surface area contributed by atoms with Gasteiger partial charge in [0.2, 0.25) is 0 Å². The summed E-state index contributed by atoms with van der Waals surface area (Å²) >= 11 is 5.65. The average Bonchev–Trinajstić information content (AvgIpc) is 2.64. The lowest BCUT2D eigenvalue weighted by Gasteiger charge is -2.34. The number of carbonyl (C=O) groups is 1. The number of fused-ring (bicyclic) bond motifs is 1. The predicted molar refractivity (Wildman–Crippen MR) is 73.3 cm³/mol. The number of hydrogen-bond donors (Lipinski definition) is 2. The molecule has 2 heterocycles. The van der Waals surface area contributed by atoms with Crippen LogP contribution in [0.5, 0.6) is 0 Å². The van der Waals surface area contributed by atoms with E-state index >= 15 is 0 Å². The minimum absolute atomic E-state index is 0.0687. The highest BCUT2D eigenvalue weighted by atomic mass is 35.5. The van der Waals surface area contributed by atoms with Gasteiger partial charge in [0.05, 0.1) is 5.54 Å². The van der Waals surface area contributed by atoms with Gasteiger partial charge in [-0.15, -0.1) is 0 Å². The highest BCUT2D eigenvalue weighted by molar-refractivity contribution is 6.64. The number of aliphatic imine (C=N–C) groups is 1. The summed E-state index contributed by atoms with van der Waals surface area (Å²) in [5.74, 6) is 0.430. The predicted octanol–water partition coefficient (Wildman–Crippen LogP) is 1.79. The molecule has 3 N–H and O–H groups in total. The third kappa shape index (κ3) is 1.90. The van der Waals surface area contributed by atoms with Crippen LogP contribution in [0, 0.1) is 0 Å². The van der Waals surface area contributed by atoms with Crippen molar-refractivity contribution in [1.29, 1.82) is 0 Å². The zero-order valence-corrected chi connectivity index (χ0v) is 11.1. The molecule has 0 bridgehead atoms. The first kappa shape index (κ1) is 12.7. The van der Waals surface area contributed by atoms with Crippen molar-refractivity contribution >= 4 is 34.7 Å². The lowest BCUT2D eigenvalue weighted by molar-refractivity contribution is 0.0889. The minimum atomic E-state index is -0.296. The molecule has 0 radical (unpaired) electrons. The molecule has 0 atom stereocenters. The molecule has 1 amide bonds. The van der Waals surface area contributed by atoms with Crippen LogP contribution < -0.4 is 11.1 Å². The summed E-state index contributed by atoms with van der Waals surface area (Å²) in [5, 5.41) is 2.77. The molecule has 1 aliphatic rings. The normalized spacial score (nSPS) is 18.2. The van der Waals surface area contributed by atoms with Gasteiger partial charge in [0.15, 0.2) is 5.29 Å². The van der Waals surface area contributed by atoms with Crippen LogP contribution in [-0.4, -0.2) is 22.3 Å². The van der Waals surface area contributed by atoms with E-state index in [4.69, 9.17) is 17.3 Å². The first-order valence-electron chi connectivity index (χ1n) is 5.53. The molecule has 0 aromatic carbocycles. The molecule has 1 aromatic heterocycles. The molecule has 2 rings (SSSR count). The number of amides is 1. The van der Waals surface area contributed by atoms with Crippen LogP contribution in [0.15, 0.2) is 17.6 Å². The van der Waals surface area contributed by atoms with Crippen molar-refractivity contribution in [3.8, 4) is 0 Å². The zero-order valence-electron chi connectivity index (χ0n) is 10.3. The van der Waals surface area contributed by atoms with Crippen LogP contribution in [0.1, 0.15) is 29.9 Å². The van der Waals surface area contributed by atoms with Crippen molar-refractivity contribution < 1.29 is 4.79 Å². The van der Waals surface area contributed by atoms with Gasteiger partial charge in [-0.2, -0.15) is 0 Å². The maximum absolute atomic E-state index is 11.9. The van der Waals surface area contributed by atoms with Gasteiger partial charge in [-0.05, 0) is 31.5 Å². The van der Waals surface area contributed by atoms with Crippen molar-refractivity contribution in [2.45, 2.75) is 19.4 Å². The first-order valence-corrected chi connectivity index (χ1v) is 5.91. The Balaban J connectivity index is 2.76.